The van der Waals surface area contributed by atoms with Crippen LogP contribution in [0.3, 0.4) is 0 Å². The predicted molar refractivity (Wildman–Crippen MR) is 87.4 cm³/mol. The van der Waals surface area contributed by atoms with E-state index in [9.17, 15) is 0 Å². The van der Waals surface area contributed by atoms with Crippen molar-refractivity contribution >= 4 is 27.5 Å². The molecule has 1 aromatic heterocycles. The molecule has 3 nitrogen and oxygen atoms in total. The van der Waals surface area contributed by atoms with Gasteiger partial charge in [-0.2, -0.15) is 5.10 Å². The van der Waals surface area contributed by atoms with Crippen molar-refractivity contribution in [3.8, 4) is 0 Å². The van der Waals surface area contributed by atoms with Gasteiger partial charge in [0.2, 0.25) is 0 Å². The van der Waals surface area contributed by atoms with E-state index in [0.717, 1.165) is 28.0 Å². The van der Waals surface area contributed by atoms with Crippen LogP contribution in [-0.2, 0) is 19.9 Å². The van der Waals surface area contributed by atoms with Crippen molar-refractivity contribution in [1.29, 1.82) is 0 Å². The normalized spacial score (nSPS) is 12.7. The molecule has 0 saturated carbocycles. The molecular formula is C15H19BrClN3. The Bertz CT molecular complexity index is 595. The molecule has 108 valence electrons. The lowest BCUT2D eigenvalue weighted by atomic mass is 10.0. The lowest BCUT2D eigenvalue weighted by molar-refractivity contribution is 0.532. The van der Waals surface area contributed by atoms with E-state index in [4.69, 9.17) is 11.6 Å². The van der Waals surface area contributed by atoms with Gasteiger partial charge in [-0.1, -0.05) is 23.7 Å². The molecule has 0 fully saturated rings. The van der Waals surface area contributed by atoms with Crippen molar-refractivity contribution in [2.45, 2.75) is 25.8 Å². The Labute approximate surface area is 133 Å². The second-order valence-electron chi connectivity index (χ2n) is 4.99. The van der Waals surface area contributed by atoms with Crippen LogP contribution in [0.5, 0.6) is 0 Å². The van der Waals surface area contributed by atoms with Crippen molar-refractivity contribution in [3.05, 3.63) is 50.7 Å². The summed E-state index contributed by atoms with van der Waals surface area (Å²) in [5, 5.41) is 8.60. The smallest absolute Gasteiger partial charge is 0.0738 e. The van der Waals surface area contributed by atoms with Crippen molar-refractivity contribution in [1.82, 2.24) is 15.1 Å². The van der Waals surface area contributed by atoms with E-state index in [0.29, 0.717) is 6.04 Å². The van der Waals surface area contributed by atoms with Crippen LogP contribution in [0.2, 0.25) is 5.02 Å². The van der Waals surface area contributed by atoms with Gasteiger partial charge in [0.15, 0.2) is 0 Å². The molecule has 0 radical (unpaired) electrons. The molecule has 1 aromatic carbocycles. The van der Waals surface area contributed by atoms with Gasteiger partial charge in [0.25, 0.3) is 0 Å². The van der Waals surface area contributed by atoms with Crippen LogP contribution < -0.4 is 5.32 Å². The number of hydrogen-bond acceptors (Lipinski definition) is 2. The second-order valence-corrected chi connectivity index (χ2v) is 6.22. The van der Waals surface area contributed by atoms with E-state index in [2.05, 4.69) is 32.4 Å². The standard InChI is InChI=1S/C15H19BrClN3/c1-10-15(16)14(20(3)19-10)9-13(18-2)8-11-5-4-6-12(17)7-11/h4-7,13,18H,8-9H2,1-3H3. The van der Waals surface area contributed by atoms with Gasteiger partial charge in [0, 0.05) is 24.5 Å². The minimum absolute atomic E-state index is 0.347. The maximum atomic E-state index is 6.04. The first-order valence-corrected chi connectivity index (χ1v) is 7.78. The van der Waals surface area contributed by atoms with Gasteiger partial charge in [0.1, 0.15) is 0 Å². The quantitative estimate of drug-likeness (QED) is 0.888. The molecule has 5 heteroatoms. The summed E-state index contributed by atoms with van der Waals surface area (Å²) < 4.78 is 3.05. The molecule has 2 rings (SSSR count). The van der Waals surface area contributed by atoms with Crippen LogP contribution in [0, 0.1) is 6.92 Å². The molecule has 0 aliphatic heterocycles. The number of aromatic nitrogens is 2. The van der Waals surface area contributed by atoms with Crippen molar-refractivity contribution in [2.24, 2.45) is 7.05 Å². The molecule has 1 atom stereocenters. The molecule has 1 N–H and O–H groups in total. The molecule has 0 aliphatic carbocycles. The first-order chi connectivity index (χ1) is 9.51. The molecule has 0 bridgehead atoms. The van der Waals surface area contributed by atoms with Crippen LogP contribution in [0.4, 0.5) is 0 Å². The number of rotatable bonds is 5. The molecule has 0 saturated heterocycles. The maximum Gasteiger partial charge on any atom is 0.0738 e. The SMILES string of the molecule is CNC(Cc1cccc(Cl)c1)Cc1c(Br)c(C)nn1C. The second kappa shape index (κ2) is 6.74. The average Bonchev–Trinajstić information content (AvgIpc) is 2.64. The minimum atomic E-state index is 0.347. The van der Waals surface area contributed by atoms with Crippen LogP contribution in [-0.4, -0.2) is 22.9 Å². The third kappa shape index (κ3) is 3.62. The number of halogens is 2. The molecule has 1 unspecified atom stereocenters. The Kier molecular flexibility index (Phi) is 5.24. The van der Waals surface area contributed by atoms with Gasteiger partial charge in [-0.25, -0.2) is 0 Å². The van der Waals surface area contributed by atoms with Gasteiger partial charge in [0.05, 0.1) is 15.9 Å². The van der Waals surface area contributed by atoms with Gasteiger partial charge in [-0.05, 0) is 54.0 Å². The van der Waals surface area contributed by atoms with Gasteiger partial charge in [-0.3, -0.25) is 4.68 Å². The summed E-state index contributed by atoms with van der Waals surface area (Å²) in [5.41, 5.74) is 3.48. The number of benzene rings is 1. The lowest BCUT2D eigenvalue weighted by Gasteiger charge is -2.17. The predicted octanol–water partition coefficient (Wildman–Crippen LogP) is 3.52. The molecule has 0 amide bonds. The van der Waals surface area contributed by atoms with E-state index in [1.54, 1.807) is 0 Å². The fraction of sp³-hybridized carbons (Fsp3) is 0.400. The van der Waals surface area contributed by atoms with E-state index >= 15 is 0 Å². The summed E-state index contributed by atoms with van der Waals surface area (Å²) in [7, 11) is 3.98. The van der Waals surface area contributed by atoms with E-state index in [1.807, 2.05) is 43.9 Å². The third-order valence-corrected chi connectivity index (χ3v) is 4.75. The number of nitrogens with one attached hydrogen (secondary N) is 1. The lowest BCUT2D eigenvalue weighted by Crippen LogP contribution is -2.30. The molecule has 2 aromatic rings. The van der Waals surface area contributed by atoms with E-state index < -0.39 is 0 Å². The van der Waals surface area contributed by atoms with E-state index in [1.165, 1.54) is 11.3 Å². The number of nitrogens with zero attached hydrogens (tertiary/aromatic N) is 2. The number of likely N-dealkylation sites (N-methyl/N-ethyl adjacent to an activating group) is 1. The zero-order chi connectivity index (χ0) is 14.7. The maximum absolute atomic E-state index is 6.04. The Morgan fingerprint density at radius 3 is 2.70 bits per heavy atom. The highest BCUT2D eigenvalue weighted by atomic mass is 79.9. The Hall–Kier alpha value is -0.840. The van der Waals surface area contributed by atoms with Crippen molar-refractivity contribution in [2.75, 3.05) is 7.05 Å². The Balaban J connectivity index is 2.13. The summed E-state index contributed by atoms with van der Waals surface area (Å²) in [6.45, 7) is 2.01. The first-order valence-electron chi connectivity index (χ1n) is 6.61. The zero-order valence-electron chi connectivity index (χ0n) is 12.0. The van der Waals surface area contributed by atoms with E-state index in [-0.39, 0.29) is 0 Å². The fourth-order valence-corrected chi connectivity index (χ4v) is 3.07. The monoisotopic (exact) mass is 355 g/mol. The summed E-state index contributed by atoms with van der Waals surface area (Å²) in [6.07, 6.45) is 1.86. The van der Waals surface area contributed by atoms with Crippen molar-refractivity contribution < 1.29 is 0 Å². The molecule has 1 heterocycles. The molecule has 0 aliphatic rings. The highest BCUT2D eigenvalue weighted by Gasteiger charge is 2.16. The zero-order valence-corrected chi connectivity index (χ0v) is 14.3. The molecule has 20 heavy (non-hydrogen) atoms. The summed E-state index contributed by atoms with van der Waals surface area (Å²) in [6, 6.07) is 8.38. The summed E-state index contributed by atoms with van der Waals surface area (Å²) in [4.78, 5) is 0. The molecule has 0 spiro atoms. The van der Waals surface area contributed by atoms with Crippen LogP contribution in [0.15, 0.2) is 28.7 Å². The topological polar surface area (TPSA) is 29.9 Å². The van der Waals surface area contributed by atoms with Crippen LogP contribution in [0.1, 0.15) is 17.0 Å². The first kappa shape index (κ1) is 15.5. The van der Waals surface area contributed by atoms with Gasteiger partial charge >= 0.3 is 0 Å². The Morgan fingerprint density at radius 1 is 1.40 bits per heavy atom. The Morgan fingerprint density at radius 2 is 2.15 bits per heavy atom. The fourth-order valence-electron chi connectivity index (χ4n) is 2.36. The van der Waals surface area contributed by atoms with Crippen molar-refractivity contribution in [3.63, 3.8) is 0 Å². The minimum Gasteiger partial charge on any atom is -0.316 e. The third-order valence-electron chi connectivity index (χ3n) is 3.48. The van der Waals surface area contributed by atoms with Crippen LogP contribution >= 0.6 is 27.5 Å². The highest BCUT2D eigenvalue weighted by Crippen LogP contribution is 2.22. The average molecular weight is 357 g/mol. The number of hydrogen-bond donors (Lipinski definition) is 1. The van der Waals surface area contributed by atoms with Gasteiger partial charge < -0.3 is 5.32 Å². The largest absolute Gasteiger partial charge is 0.316 e. The highest BCUT2D eigenvalue weighted by molar-refractivity contribution is 9.10. The van der Waals surface area contributed by atoms with Gasteiger partial charge in [-0.15, -0.1) is 0 Å². The summed E-state index contributed by atoms with van der Waals surface area (Å²) in [5.74, 6) is 0. The molecular weight excluding hydrogens is 338 g/mol. The number of aryl methyl sites for hydroxylation is 2. The van der Waals surface area contributed by atoms with Crippen LogP contribution in [0.25, 0.3) is 0 Å². The summed E-state index contributed by atoms with van der Waals surface area (Å²) >= 11 is 9.67.